The van der Waals surface area contributed by atoms with E-state index in [2.05, 4.69) is 36.1 Å². The van der Waals surface area contributed by atoms with Crippen molar-refractivity contribution in [3.8, 4) is 24.7 Å². The lowest BCUT2D eigenvalue weighted by Crippen LogP contribution is -2.52. The lowest BCUT2D eigenvalue weighted by atomic mass is 9.92. The highest BCUT2D eigenvalue weighted by Crippen LogP contribution is 2.44. The SMILES string of the molecule is C#C[C@@H](/C=C/CCCCCCCCC/C=C\CCCC/C=C\CCCCCCCCC/C=C/[C@H](C#C)OC(=O)[C@](OC)(c1ccccc1)C(F)(F)F)OC(=O)[C@](OC)(c1ccccc1)C(F)(F)F. The Morgan fingerprint density at radius 1 is 0.456 bits per heavy atom. The molecule has 374 valence electrons. The quantitative estimate of drug-likeness (QED) is 0.0225. The molecule has 0 unspecified atom stereocenters. The Kier molecular flexibility index (Phi) is 29.1. The molecule has 0 radical (unpaired) electrons. The molecule has 0 spiro atoms. The Labute approximate surface area is 402 Å². The van der Waals surface area contributed by atoms with Crippen LogP contribution in [0.5, 0.6) is 0 Å². The van der Waals surface area contributed by atoms with Gasteiger partial charge in [-0.3, -0.25) is 0 Å². The minimum atomic E-state index is -5.06. The zero-order chi connectivity index (χ0) is 50.0. The number of methoxy groups -OCH3 is 2. The predicted molar refractivity (Wildman–Crippen MR) is 258 cm³/mol. The van der Waals surface area contributed by atoms with Crippen LogP contribution in [0.15, 0.2) is 109 Å². The first-order valence-electron chi connectivity index (χ1n) is 24.1. The van der Waals surface area contributed by atoms with Crippen LogP contribution in [-0.4, -0.2) is 50.7 Å². The fourth-order valence-corrected chi connectivity index (χ4v) is 7.68. The largest absolute Gasteiger partial charge is 0.442 e. The Balaban J connectivity index is 1.42. The van der Waals surface area contributed by atoms with Gasteiger partial charge in [-0.1, -0.05) is 173 Å². The molecule has 0 saturated carbocycles. The summed E-state index contributed by atoms with van der Waals surface area (Å²) in [6.07, 6.45) is 37.5. The van der Waals surface area contributed by atoms with Crippen LogP contribution in [0.3, 0.4) is 0 Å². The number of alkyl halides is 6. The molecular weight excluding hydrogens is 883 g/mol. The molecule has 12 heteroatoms. The number of rotatable bonds is 35. The molecule has 0 fully saturated rings. The third-order valence-corrected chi connectivity index (χ3v) is 11.6. The average Bonchev–Trinajstić information content (AvgIpc) is 3.31. The van der Waals surface area contributed by atoms with Crippen LogP contribution in [-0.2, 0) is 39.7 Å². The van der Waals surface area contributed by atoms with Gasteiger partial charge in [-0.15, -0.1) is 12.8 Å². The van der Waals surface area contributed by atoms with E-state index in [-0.39, 0.29) is 11.1 Å². The van der Waals surface area contributed by atoms with E-state index in [0.29, 0.717) is 12.8 Å². The maximum absolute atomic E-state index is 14.1. The van der Waals surface area contributed by atoms with Gasteiger partial charge in [0.15, 0.2) is 12.2 Å². The highest BCUT2D eigenvalue weighted by molar-refractivity contribution is 5.84. The monoisotopic (exact) mass is 955 g/mol. The molecule has 0 amide bonds. The lowest BCUT2D eigenvalue weighted by molar-refractivity contribution is -0.277. The van der Waals surface area contributed by atoms with Crippen LogP contribution in [0.1, 0.15) is 152 Å². The van der Waals surface area contributed by atoms with Crippen LogP contribution < -0.4 is 0 Å². The van der Waals surface area contributed by atoms with Gasteiger partial charge in [-0.25, -0.2) is 9.59 Å². The summed E-state index contributed by atoms with van der Waals surface area (Å²) in [6, 6.07) is 13.3. The van der Waals surface area contributed by atoms with E-state index in [1.807, 2.05) is 0 Å². The average molecular weight is 955 g/mol. The highest BCUT2D eigenvalue weighted by Gasteiger charge is 2.65. The predicted octanol–water partition coefficient (Wildman–Crippen LogP) is 15.1. The first-order chi connectivity index (χ1) is 32.7. The van der Waals surface area contributed by atoms with E-state index in [1.54, 1.807) is 12.2 Å². The third-order valence-electron chi connectivity index (χ3n) is 11.6. The zero-order valence-corrected chi connectivity index (χ0v) is 40.0. The van der Waals surface area contributed by atoms with Crippen molar-refractivity contribution < 1.29 is 54.9 Å². The molecule has 0 aliphatic rings. The summed E-state index contributed by atoms with van der Waals surface area (Å²) in [5.41, 5.74) is -7.33. The smallest absolute Gasteiger partial charge is 0.432 e. The summed E-state index contributed by atoms with van der Waals surface area (Å²) in [7, 11) is 1.64. The molecular formula is C56H72F6O6. The summed E-state index contributed by atoms with van der Waals surface area (Å²) in [5, 5.41) is 0. The molecule has 0 aliphatic carbocycles. The fraction of sp³-hybridized carbons (Fsp3) is 0.536. The van der Waals surface area contributed by atoms with E-state index in [4.69, 9.17) is 31.8 Å². The molecule has 2 aromatic rings. The van der Waals surface area contributed by atoms with Gasteiger partial charge in [-0.2, -0.15) is 26.3 Å². The maximum Gasteiger partial charge on any atom is 0.432 e. The van der Waals surface area contributed by atoms with Crippen molar-refractivity contribution in [1.29, 1.82) is 0 Å². The summed E-state index contributed by atoms with van der Waals surface area (Å²) < 4.78 is 104. The molecule has 0 aliphatic heterocycles. The van der Waals surface area contributed by atoms with Gasteiger partial charge in [0.1, 0.15) is 0 Å². The Morgan fingerprint density at radius 2 is 0.706 bits per heavy atom. The van der Waals surface area contributed by atoms with E-state index in [0.717, 1.165) is 116 Å². The Bertz CT molecular complexity index is 1750. The number of esters is 2. The minimum Gasteiger partial charge on any atom is -0.442 e. The number of ether oxygens (including phenoxy) is 4. The summed E-state index contributed by atoms with van der Waals surface area (Å²) in [6.45, 7) is 0. The molecule has 6 nitrogen and oxygen atoms in total. The molecule has 4 atom stereocenters. The number of benzene rings is 2. The molecule has 2 aromatic carbocycles. The number of carbonyl (C=O) groups excluding carboxylic acids is 2. The topological polar surface area (TPSA) is 71.1 Å². The van der Waals surface area contributed by atoms with Crippen molar-refractivity contribution in [1.82, 2.24) is 0 Å². The van der Waals surface area contributed by atoms with Crippen molar-refractivity contribution in [2.24, 2.45) is 0 Å². The van der Waals surface area contributed by atoms with Crippen LogP contribution >= 0.6 is 0 Å². The molecule has 0 bridgehead atoms. The van der Waals surface area contributed by atoms with E-state index in [1.165, 1.54) is 99.9 Å². The van der Waals surface area contributed by atoms with E-state index < -0.39 is 47.7 Å². The number of carbonyl (C=O) groups is 2. The van der Waals surface area contributed by atoms with Crippen molar-refractivity contribution in [3.63, 3.8) is 0 Å². The van der Waals surface area contributed by atoms with Gasteiger partial charge in [0.05, 0.1) is 0 Å². The number of allylic oxidation sites excluding steroid dienone is 6. The molecule has 0 N–H and O–H groups in total. The molecule has 68 heavy (non-hydrogen) atoms. The van der Waals surface area contributed by atoms with Crippen LogP contribution in [0.4, 0.5) is 26.3 Å². The van der Waals surface area contributed by atoms with E-state index in [9.17, 15) is 35.9 Å². The Hall–Kier alpha value is -5.04. The zero-order valence-electron chi connectivity index (χ0n) is 40.0. The molecule has 0 aromatic heterocycles. The second-order valence-electron chi connectivity index (χ2n) is 16.7. The van der Waals surface area contributed by atoms with Gasteiger partial charge in [0.25, 0.3) is 11.2 Å². The van der Waals surface area contributed by atoms with Crippen LogP contribution in [0.2, 0.25) is 0 Å². The molecule has 0 saturated heterocycles. The maximum atomic E-state index is 14.1. The van der Waals surface area contributed by atoms with Crippen LogP contribution in [0.25, 0.3) is 0 Å². The number of terminal acetylenes is 2. The second kappa shape index (κ2) is 33.5. The van der Waals surface area contributed by atoms with Gasteiger partial charge in [0, 0.05) is 25.3 Å². The van der Waals surface area contributed by atoms with Crippen molar-refractivity contribution in [3.05, 3.63) is 120 Å². The fourth-order valence-electron chi connectivity index (χ4n) is 7.68. The van der Waals surface area contributed by atoms with Gasteiger partial charge < -0.3 is 18.9 Å². The standard InChI is InChI=1S/C56H72F6O6/c1-5-49(67-51(63)53(65-3,55(57,58)59)47-41-35-33-36-42-47)45-39-31-29-27-25-23-21-19-17-15-13-11-9-7-8-10-12-14-16-18-20-22-24-26-28-30-32-40-46-50(6-2)68-52(64)54(66-4,56(60,61)62)48-43-37-34-38-44-48/h1-2,11-14,33-46,49-50H,7-10,15-32H2,3-4H3/b13-11-,14-12-,45-39+,46-40+/t49-,50-,53+,54+/m0/s1. The minimum absolute atomic E-state index is 0.386. The highest BCUT2D eigenvalue weighted by atomic mass is 19.4. The van der Waals surface area contributed by atoms with Crippen molar-refractivity contribution >= 4 is 11.9 Å². The molecule has 2 rings (SSSR count). The first-order valence-corrected chi connectivity index (χ1v) is 24.1. The number of halogens is 6. The second-order valence-corrected chi connectivity index (χ2v) is 16.7. The number of hydrogen-bond donors (Lipinski definition) is 0. The van der Waals surface area contributed by atoms with Crippen LogP contribution in [0, 0.1) is 24.7 Å². The van der Waals surface area contributed by atoms with Crippen molar-refractivity contribution in [2.45, 2.75) is 177 Å². The summed E-state index contributed by atoms with van der Waals surface area (Å²) in [5.74, 6) is 1.24. The van der Waals surface area contributed by atoms with E-state index >= 15 is 0 Å². The lowest BCUT2D eigenvalue weighted by Gasteiger charge is -2.32. The third kappa shape index (κ3) is 20.3. The summed E-state index contributed by atoms with van der Waals surface area (Å²) >= 11 is 0. The van der Waals surface area contributed by atoms with Gasteiger partial charge in [-0.05, 0) is 89.2 Å². The molecule has 0 heterocycles. The number of unbranched alkanes of at least 4 members (excludes halogenated alkanes) is 19. The van der Waals surface area contributed by atoms with Crippen molar-refractivity contribution in [2.75, 3.05) is 14.2 Å². The number of hydrogen-bond acceptors (Lipinski definition) is 6. The normalized spacial score (nSPS) is 15.0. The summed E-state index contributed by atoms with van der Waals surface area (Å²) in [4.78, 5) is 25.6. The Morgan fingerprint density at radius 3 is 0.956 bits per heavy atom. The first kappa shape index (κ1) is 59.1. The van der Waals surface area contributed by atoms with Gasteiger partial charge in [0.2, 0.25) is 0 Å². The van der Waals surface area contributed by atoms with Gasteiger partial charge >= 0.3 is 24.3 Å².